The summed E-state index contributed by atoms with van der Waals surface area (Å²) in [5.74, 6) is 5.25. The van der Waals surface area contributed by atoms with Gasteiger partial charge in [0.05, 0.1) is 6.10 Å². The van der Waals surface area contributed by atoms with Crippen LogP contribution < -0.4 is 0 Å². The lowest BCUT2D eigenvalue weighted by molar-refractivity contribution is -0.0949. The first-order valence-corrected chi connectivity index (χ1v) is 9.39. The number of unbranched alkanes of at least 4 members (excludes halogenated alkanes) is 1. The second-order valence-electron chi connectivity index (χ2n) is 8.23. The van der Waals surface area contributed by atoms with Crippen molar-refractivity contribution in [3.63, 3.8) is 0 Å². The van der Waals surface area contributed by atoms with Gasteiger partial charge >= 0.3 is 0 Å². The lowest BCUT2D eigenvalue weighted by atomic mass is 9.50. The van der Waals surface area contributed by atoms with Gasteiger partial charge in [0.2, 0.25) is 0 Å². The monoisotopic (exact) mass is 278 g/mol. The predicted molar refractivity (Wildman–Crippen MR) is 84.5 cm³/mol. The van der Waals surface area contributed by atoms with Crippen molar-refractivity contribution >= 4 is 0 Å². The molecule has 2 unspecified atom stereocenters. The molecule has 4 bridgehead atoms. The van der Waals surface area contributed by atoms with Crippen LogP contribution in [0.3, 0.4) is 0 Å². The molecule has 20 heavy (non-hydrogen) atoms. The maximum Gasteiger partial charge on any atom is 0.0576 e. The van der Waals surface area contributed by atoms with Gasteiger partial charge in [-0.1, -0.05) is 39.5 Å². The minimum absolute atomic E-state index is 0.00630. The Hall–Kier alpha value is -0.0400. The van der Waals surface area contributed by atoms with Crippen LogP contribution in [0, 0.1) is 35.5 Å². The predicted octanol–water partition coefficient (Wildman–Crippen LogP) is 5.03. The molecule has 2 atom stereocenters. The standard InChI is InChI=1S/C19H34O/c1-3-5-6-13(4-2)12-18(20)19-16-8-14-7-15(10-16)11-17(19)9-14/h13-20H,3-12H2,1-2H3. The highest BCUT2D eigenvalue weighted by Crippen LogP contribution is 2.57. The van der Waals surface area contributed by atoms with Crippen LogP contribution in [0.25, 0.3) is 0 Å². The fourth-order valence-electron chi connectivity index (χ4n) is 6.08. The summed E-state index contributed by atoms with van der Waals surface area (Å²) < 4.78 is 0. The molecule has 4 fully saturated rings. The van der Waals surface area contributed by atoms with E-state index in [4.69, 9.17) is 0 Å². The Bertz CT molecular complexity index is 283. The summed E-state index contributed by atoms with van der Waals surface area (Å²) in [7, 11) is 0. The molecule has 0 heterocycles. The average Bonchev–Trinajstić information content (AvgIpc) is 2.42. The number of hydrogen-bond acceptors (Lipinski definition) is 1. The Morgan fingerprint density at radius 3 is 2.05 bits per heavy atom. The summed E-state index contributed by atoms with van der Waals surface area (Å²) in [5.41, 5.74) is 0. The fourth-order valence-corrected chi connectivity index (χ4v) is 6.08. The van der Waals surface area contributed by atoms with E-state index in [1.807, 2.05) is 0 Å². The molecular formula is C19H34O. The van der Waals surface area contributed by atoms with E-state index in [0.717, 1.165) is 36.0 Å². The molecule has 0 aromatic heterocycles. The van der Waals surface area contributed by atoms with Gasteiger partial charge in [-0.3, -0.25) is 0 Å². The van der Waals surface area contributed by atoms with Crippen LogP contribution in [0.4, 0.5) is 0 Å². The minimum Gasteiger partial charge on any atom is -0.393 e. The number of aliphatic hydroxyl groups excluding tert-OH is 1. The first kappa shape index (κ1) is 14.9. The van der Waals surface area contributed by atoms with Gasteiger partial charge in [0.25, 0.3) is 0 Å². The fraction of sp³-hybridized carbons (Fsp3) is 1.00. The van der Waals surface area contributed by atoms with Crippen molar-refractivity contribution in [1.82, 2.24) is 0 Å². The third-order valence-electron chi connectivity index (χ3n) is 6.86. The molecule has 0 spiro atoms. The Kier molecular flexibility index (Phi) is 4.75. The Morgan fingerprint density at radius 2 is 1.55 bits per heavy atom. The normalized spacial score (nSPS) is 41.9. The minimum atomic E-state index is 0.00630. The van der Waals surface area contributed by atoms with Crippen LogP contribution in [-0.2, 0) is 0 Å². The molecule has 0 aliphatic heterocycles. The zero-order chi connectivity index (χ0) is 14.1. The Labute approximate surface area is 125 Å². The molecule has 1 heteroatoms. The Morgan fingerprint density at radius 1 is 0.950 bits per heavy atom. The first-order valence-electron chi connectivity index (χ1n) is 9.39. The molecule has 0 saturated heterocycles. The Balaban J connectivity index is 1.58. The molecular weight excluding hydrogens is 244 g/mol. The van der Waals surface area contributed by atoms with Gasteiger partial charge in [-0.15, -0.1) is 0 Å². The van der Waals surface area contributed by atoms with Crippen molar-refractivity contribution in [2.45, 2.75) is 84.2 Å². The van der Waals surface area contributed by atoms with Gasteiger partial charge in [0, 0.05) is 0 Å². The van der Waals surface area contributed by atoms with Crippen molar-refractivity contribution in [1.29, 1.82) is 0 Å². The summed E-state index contributed by atoms with van der Waals surface area (Å²) >= 11 is 0. The SMILES string of the molecule is CCCCC(CC)CC(O)C1C2CC3CC(C2)CC1C3. The van der Waals surface area contributed by atoms with E-state index in [-0.39, 0.29) is 6.10 Å². The molecule has 1 nitrogen and oxygen atoms in total. The maximum absolute atomic E-state index is 10.9. The molecule has 4 saturated carbocycles. The number of hydrogen-bond donors (Lipinski definition) is 1. The molecule has 4 aliphatic carbocycles. The number of rotatable bonds is 7. The van der Waals surface area contributed by atoms with Gasteiger partial charge in [-0.25, -0.2) is 0 Å². The second-order valence-corrected chi connectivity index (χ2v) is 8.23. The van der Waals surface area contributed by atoms with Crippen LogP contribution in [-0.4, -0.2) is 11.2 Å². The maximum atomic E-state index is 10.9. The number of aliphatic hydroxyl groups is 1. The van der Waals surface area contributed by atoms with Crippen molar-refractivity contribution in [2.75, 3.05) is 0 Å². The van der Waals surface area contributed by atoms with Crippen LogP contribution >= 0.6 is 0 Å². The van der Waals surface area contributed by atoms with Crippen LogP contribution in [0.5, 0.6) is 0 Å². The summed E-state index contributed by atoms with van der Waals surface area (Å²) in [4.78, 5) is 0. The van der Waals surface area contributed by atoms with E-state index in [9.17, 15) is 5.11 Å². The van der Waals surface area contributed by atoms with Crippen LogP contribution in [0.15, 0.2) is 0 Å². The van der Waals surface area contributed by atoms with Crippen LogP contribution in [0.2, 0.25) is 0 Å². The van der Waals surface area contributed by atoms with Gasteiger partial charge < -0.3 is 5.11 Å². The van der Waals surface area contributed by atoms with Crippen molar-refractivity contribution < 1.29 is 5.11 Å². The van der Waals surface area contributed by atoms with E-state index < -0.39 is 0 Å². The summed E-state index contributed by atoms with van der Waals surface area (Å²) in [5, 5.41) is 10.9. The van der Waals surface area contributed by atoms with E-state index in [0.29, 0.717) is 5.92 Å². The zero-order valence-electron chi connectivity index (χ0n) is 13.6. The van der Waals surface area contributed by atoms with E-state index in [1.54, 1.807) is 0 Å². The van der Waals surface area contributed by atoms with Crippen LogP contribution in [0.1, 0.15) is 78.1 Å². The summed E-state index contributed by atoms with van der Waals surface area (Å²) in [6.45, 7) is 4.59. The quantitative estimate of drug-likeness (QED) is 0.693. The highest BCUT2D eigenvalue weighted by atomic mass is 16.3. The molecule has 116 valence electrons. The van der Waals surface area contributed by atoms with Gasteiger partial charge in [-0.05, 0) is 74.0 Å². The lowest BCUT2D eigenvalue weighted by Crippen LogP contribution is -2.49. The van der Waals surface area contributed by atoms with Crippen molar-refractivity contribution in [3.8, 4) is 0 Å². The third-order valence-corrected chi connectivity index (χ3v) is 6.86. The molecule has 0 aromatic rings. The second kappa shape index (κ2) is 6.38. The van der Waals surface area contributed by atoms with Gasteiger partial charge in [0.1, 0.15) is 0 Å². The van der Waals surface area contributed by atoms with E-state index in [2.05, 4.69) is 13.8 Å². The zero-order valence-corrected chi connectivity index (χ0v) is 13.6. The average molecular weight is 278 g/mol. The molecule has 0 aromatic carbocycles. The first-order chi connectivity index (χ1) is 9.71. The van der Waals surface area contributed by atoms with Gasteiger partial charge in [-0.2, -0.15) is 0 Å². The molecule has 0 radical (unpaired) electrons. The van der Waals surface area contributed by atoms with Crippen molar-refractivity contribution in [2.24, 2.45) is 35.5 Å². The van der Waals surface area contributed by atoms with Crippen molar-refractivity contribution in [3.05, 3.63) is 0 Å². The van der Waals surface area contributed by atoms with Gasteiger partial charge in [0.15, 0.2) is 0 Å². The smallest absolute Gasteiger partial charge is 0.0576 e. The molecule has 4 rings (SSSR count). The summed E-state index contributed by atoms with van der Waals surface area (Å²) in [6.07, 6.45) is 13.6. The highest BCUT2D eigenvalue weighted by molar-refractivity contribution is 5.00. The topological polar surface area (TPSA) is 20.2 Å². The third kappa shape index (κ3) is 2.93. The summed E-state index contributed by atoms with van der Waals surface area (Å²) in [6, 6.07) is 0. The van der Waals surface area contributed by atoms with E-state index in [1.165, 1.54) is 57.8 Å². The molecule has 1 N–H and O–H groups in total. The highest BCUT2D eigenvalue weighted by Gasteiger charge is 2.50. The molecule has 0 amide bonds. The lowest BCUT2D eigenvalue weighted by Gasteiger charge is -2.56. The van der Waals surface area contributed by atoms with E-state index >= 15 is 0 Å². The largest absolute Gasteiger partial charge is 0.393 e. The molecule has 4 aliphatic rings.